The average Bonchev–Trinajstić information content (AvgIpc) is 3.23. The minimum Gasteiger partial charge on any atom is -0.395 e. The van der Waals surface area contributed by atoms with Crippen molar-refractivity contribution in [2.24, 2.45) is 5.92 Å². The van der Waals surface area contributed by atoms with Gasteiger partial charge in [-0.3, -0.25) is 13.9 Å². The second-order valence-electron chi connectivity index (χ2n) is 10.0. The van der Waals surface area contributed by atoms with E-state index in [2.05, 4.69) is 20.6 Å². The number of nitrogens with one attached hydrogen (secondary N) is 2. The van der Waals surface area contributed by atoms with E-state index in [-0.39, 0.29) is 29.3 Å². The molecule has 41 heavy (non-hydrogen) atoms. The van der Waals surface area contributed by atoms with Crippen LogP contribution in [0.3, 0.4) is 0 Å². The quantitative estimate of drug-likeness (QED) is 0.276. The lowest BCUT2D eigenvalue weighted by Gasteiger charge is -2.29. The monoisotopic (exact) mass is 588 g/mol. The van der Waals surface area contributed by atoms with Crippen molar-refractivity contribution < 1.29 is 23.1 Å². The molecule has 0 unspecified atom stereocenters. The summed E-state index contributed by atoms with van der Waals surface area (Å²) in [4.78, 5) is 34.0. The number of amides is 1. The van der Waals surface area contributed by atoms with Crippen molar-refractivity contribution in [3.63, 3.8) is 0 Å². The highest BCUT2D eigenvalue weighted by Gasteiger charge is 2.38. The number of nitrogens with zero attached hydrogens (tertiary/aromatic N) is 4. The van der Waals surface area contributed by atoms with Crippen molar-refractivity contribution >= 4 is 34.4 Å². The number of benzene rings is 1. The maximum absolute atomic E-state index is 13.6. The van der Waals surface area contributed by atoms with Crippen LogP contribution in [0.2, 0.25) is 5.02 Å². The summed E-state index contributed by atoms with van der Waals surface area (Å²) >= 11 is 5.82. The van der Waals surface area contributed by atoms with Crippen molar-refractivity contribution in [3.05, 3.63) is 81.6 Å². The SMILES string of the molecule is O=C(NC1CCC(Cn2c(=O)n(-c3ccc(NCCO)nc3)c3ccccc32)CC1)c1cc(Cl)cnc1C(F)(F)F. The first-order valence-electron chi connectivity index (χ1n) is 13.2. The number of aliphatic hydroxyl groups excluding tert-OH is 1. The van der Waals surface area contributed by atoms with E-state index in [1.165, 1.54) is 0 Å². The van der Waals surface area contributed by atoms with E-state index in [0.717, 1.165) is 23.3 Å². The zero-order valence-corrected chi connectivity index (χ0v) is 22.6. The van der Waals surface area contributed by atoms with Crippen LogP contribution in [0.5, 0.6) is 0 Å². The van der Waals surface area contributed by atoms with E-state index in [4.69, 9.17) is 16.7 Å². The highest BCUT2D eigenvalue weighted by atomic mass is 35.5. The molecule has 13 heteroatoms. The molecule has 1 aliphatic carbocycles. The second-order valence-corrected chi connectivity index (χ2v) is 10.4. The van der Waals surface area contributed by atoms with Crippen LogP contribution in [-0.2, 0) is 12.7 Å². The number of fused-ring (bicyclic) bond motifs is 1. The summed E-state index contributed by atoms with van der Waals surface area (Å²) < 4.78 is 43.4. The average molecular weight is 589 g/mol. The Morgan fingerprint density at radius 2 is 1.78 bits per heavy atom. The number of carbonyl (C=O) groups is 1. The van der Waals surface area contributed by atoms with E-state index in [1.807, 2.05) is 24.3 Å². The summed E-state index contributed by atoms with van der Waals surface area (Å²) in [5.74, 6) is -0.132. The molecule has 0 aliphatic heterocycles. The number of hydrogen-bond donors (Lipinski definition) is 3. The molecule has 1 amide bonds. The Balaban J connectivity index is 1.29. The van der Waals surface area contributed by atoms with Crippen LogP contribution in [0.4, 0.5) is 19.0 Å². The molecule has 3 heterocycles. The van der Waals surface area contributed by atoms with E-state index in [1.54, 1.807) is 27.5 Å². The highest BCUT2D eigenvalue weighted by molar-refractivity contribution is 6.30. The molecule has 3 aromatic heterocycles. The number of hydrogen-bond acceptors (Lipinski definition) is 6. The Hall–Kier alpha value is -3.90. The first-order chi connectivity index (χ1) is 19.7. The fraction of sp³-hybridized carbons (Fsp3) is 0.357. The zero-order valence-electron chi connectivity index (χ0n) is 21.9. The van der Waals surface area contributed by atoms with Gasteiger partial charge in [0.15, 0.2) is 5.69 Å². The van der Waals surface area contributed by atoms with Crippen LogP contribution in [0.25, 0.3) is 16.7 Å². The van der Waals surface area contributed by atoms with Crippen LogP contribution < -0.4 is 16.3 Å². The molecule has 5 rings (SSSR count). The van der Waals surface area contributed by atoms with E-state index < -0.39 is 23.3 Å². The largest absolute Gasteiger partial charge is 0.434 e. The number of aromatic nitrogens is 4. The number of alkyl halides is 3. The predicted octanol–water partition coefficient (Wildman–Crippen LogP) is 4.65. The Morgan fingerprint density at radius 3 is 2.44 bits per heavy atom. The van der Waals surface area contributed by atoms with E-state index in [9.17, 15) is 22.8 Å². The minimum absolute atomic E-state index is 0.0248. The lowest BCUT2D eigenvalue weighted by Crippen LogP contribution is -2.39. The van der Waals surface area contributed by atoms with Gasteiger partial charge in [0.05, 0.1) is 40.1 Å². The highest BCUT2D eigenvalue weighted by Crippen LogP contribution is 2.32. The first kappa shape index (κ1) is 28.6. The molecule has 0 saturated heterocycles. The van der Waals surface area contributed by atoms with Crippen LogP contribution in [-0.4, -0.2) is 49.3 Å². The number of imidazole rings is 1. The number of para-hydroxylation sites is 2. The molecule has 0 radical (unpaired) electrons. The lowest BCUT2D eigenvalue weighted by atomic mass is 9.85. The molecule has 1 fully saturated rings. The predicted molar refractivity (Wildman–Crippen MR) is 148 cm³/mol. The maximum Gasteiger partial charge on any atom is 0.434 e. The molecule has 1 aromatic carbocycles. The van der Waals surface area contributed by atoms with Crippen LogP contribution in [0, 0.1) is 5.92 Å². The molecular formula is C28H28ClF3N6O3. The molecule has 0 bridgehead atoms. The van der Waals surface area contributed by atoms with Crippen LogP contribution >= 0.6 is 11.6 Å². The molecule has 0 atom stereocenters. The molecular weight excluding hydrogens is 561 g/mol. The lowest BCUT2D eigenvalue weighted by molar-refractivity contribution is -0.141. The molecule has 0 spiro atoms. The van der Waals surface area contributed by atoms with E-state index >= 15 is 0 Å². The van der Waals surface area contributed by atoms with Crippen molar-refractivity contribution in [2.45, 2.75) is 44.4 Å². The standard InChI is InChI=1S/C28H28ClF3N6O3/c29-18-13-21(25(35-14-18)28(30,31)32)26(40)36-19-7-5-17(6-8-19)16-37-22-3-1-2-4-23(22)38(27(37)41)20-9-10-24(34-15-20)33-11-12-39/h1-4,9-10,13-15,17,19,39H,5-8,11-12,16H2,(H,33,34)(H,36,40). The van der Waals surface area contributed by atoms with Gasteiger partial charge in [-0.05, 0) is 61.9 Å². The summed E-state index contributed by atoms with van der Waals surface area (Å²) in [6, 6.07) is 11.7. The summed E-state index contributed by atoms with van der Waals surface area (Å²) in [6.07, 6.45) is 0.179. The Kier molecular flexibility index (Phi) is 8.32. The minimum atomic E-state index is -4.78. The molecule has 216 valence electrons. The van der Waals surface area contributed by atoms with Gasteiger partial charge in [0, 0.05) is 25.3 Å². The van der Waals surface area contributed by atoms with Gasteiger partial charge < -0.3 is 15.7 Å². The summed E-state index contributed by atoms with van der Waals surface area (Å²) in [6.45, 7) is 0.806. The number of anilines is 1. The normalized spacial score (nSPS) is 17.5. The van der Waals surface area contributed by atoms with Crippen molar-refractivity contribution in [2.75, 3.05) is 18.5 Å². The molecule has 9 nitrogen and oxygen atoms in total. The smallest absolute Gasteiger partial charge is 0.395 e. The molecule has 4 aromatic rings. The van der Waals surface area contributed by atoms with Gasteiger partial charge in [-0.15, -0.1) is 0 Å². The van der Waals surface area contributed by atoms with Gasteiger partial charge in [0.1, 0.15) is 5.82 Å². The maximum atomic E-state index is 13.6. The first-order valence-corrected chi connectivity index (χ1v) is 13.6. The van der Waals surface area contributed by atoms with Crippen LogP contribution in [0.15, 0.2) is 59.7 Å². The van der Waals surface area contributed by atoms with E-state index in [0.29, 0.717) is 50.3 Å². The number of halogens is 4. The molecule has 3 N–H and O–H groups in total. The van der Waals surface area contributed by atoms with Crippen molar-refractivity contribution in [1.29, 1.82) is 0 Å². The van der Waals surface area contributed by atoms with Gasteiger partial charge in [-0.1, -0.05) is 23.7 Å². The van der Waals surface area contributed by atoms with Gasteiger partial charge in [-0.25, -0.2) is 14.8 Å². The fourth-order valence-electron chi connectivity index (χ4n) is 5.29. The molecule has 1 saturated carbocycles. The summed E-state index contributed by atoms with van der Waals surface area (Å²) in [7, 11) is 0. The second kappa shape index (κ2) is 11.9. The van der Waals surface area contributed by atoms with Crippen molar-refractivity contribution in [1.82, 2.24) is 24.4 Å². The van der Waals surface area contributed by atoms with Gasteiger partial charge in [0.2, 0.25) is 0 Å². The third-order valence-corrected chi connectivity index (χ3v) is 7.46. The zero-order chi connectivity index (χ0) is 29.1. The third-order valence-electron chi connectivity index (χ3n) is 7.25. The summed E-state index contributed by atoms with van der Waals surface area (Å²) in [5.41, 5.74) is 0.0658. The summed E-state index contributed by atoms with van der Waals surface area (Å²) in [5, 5.41) is 14.6. The van der Waals surface area contributed by atoms with Crippen molar-refractivity contribution in [3.8, 4) is 5.69 Å². The van der Waals surface area contributed by atoms with Gasteiger partial charge in [0.25, 0.3) is 5.91 Å². The van der Waals surface area contributed by atoms with Gasteiger partial charge in [-0.2, -0.15) is 13.2 Å². The number of rotatable bonds is 8. The Labute approximate surface area is 238 Å². The van der Waals surface area contributed by atoms with Gasteiger partial charge >= 0.3 is 11.9 Å². The number of carbonyl (C=O) groups excluding carboxylic acids is 1. The third kappa shape index (κ3) is 6.23. The fourth-order valence-corrected chi connectivity index (χ4v) is 5.45. The number of aliphatic hydroxyl groups is 1. The molecule has 1 aliphatic rings. The Bertz CT molecular complexity index is 1590. The number of pyridine rings is 2. The van der Waals surface area contributed by atoms with Crippen LogP contribution in [0.1, 0.15) is 41.7 Å². The Morgan fingerprint density at radius 1 is 1.05 bits per heavy atom. The topological polar surface area (TPSA) is 114 Å².